The Labute approximate surface area is 149 Å². The van der Waals surface area contributed by atoms with Gasteiger partial charge in [-0.3, -0.25) is 4.57 Å². The maximum Gasteiger partial charge on any atom is 0.167 e. The molecule has 10 heteroatoms. The summed E-state index contributed by atoms with van der Waals surface area (Å²) in [6.45, 7) is -0.0189. The van der Waals surface area contributed by atoms with Crippen LogP contribution in [0.4, 0.5) is 5.82 Å². The summed E-state index contributed by atoms with van der Waals surface area (Å²) in [6, 6.07) is 0. The third kappa shape index (κ3) is 3.03. The number of hydrogen-bond acceptors (Lipinski definition) is 9. The molecule has 2 fully saturated rings. The van der Waals surface area contributed by atoms with Gasteiger partial charge in [0.1, 0.15) is 30.2 Å². The highest BCUT2D eigenvalue weighted by atomic mass is 16.6. The van der Waals surface area contributed by atoms with Crippen LogP contribution < -0.4 is 5.73 Å². The van der Waals surface area contributed by atoms with Gasteiger partial charge in [0.25, 0.3) is 0 Å². The van der Waals surface area contributed by atoms with Crippen LogP contribution in [0.2, 0.25) is 0 Å². The lowest BCUT2D eigenvalue weighted by molar-refractivity contribution is -0.237. The number of aliphatic hydroxyl groups excluding tert-OH is 2. The molecule has 0 radical (unpaired) electrons. The molecule has 1 aliphatic carbocycles. The summed E-state index contributed by atoms with van der Waals surface area (Å²) in [5, 5.41) is 31.2. The Bertz CT molecular complexity index is 777. The first-order valence-corrected chi connectivity index (χ1v) is 8.79. The molecule has 4 atom stereocenters. The Hall–Kier alpha value is -1.85. The van der Waals surface area contributed by atoms with Gasteiger partial charge in [0, 0.05) is 12.8 Å². The topological polar surface area (TPSA) is 149 Å². The molecule has 2 aromatic heterocycles. The third-order valence-electron chi connectivity index (χ3n) is 5.15. The number of aliphatic hydroxyl groups is 3. The van der Waals surface area contributed by atoms with Crippen molar-refractivity contribution in [2.75, 3.05) is 12.3 Å². The van der Waals surface area contributed by atoms with Crippen molar-refractivity contribution < 1.29 is 24.8 Å². The van der Waals surface area contributed by atoms with Crippen molar-refractivity contribution in [1.82, 2.24) is 19.5 Å². The van der Waals surface area contributed by atoms with E-state index in [0.29, 0.717) is 24.0 Å². The maximum atomic E-state index is 10.4. The number of rotatable bonds is 4. The molecule has 26 heavy (non-hydrogen) atoms. The van der Waals surface area contributed by atoms with Crippen LogP contribution in [0, 0.1) is 0 Å². The number of aromatic nitrogens is 4. The van der Waals surface area contributed by atoms with E-state index in [2.05, 4.69) is 15.0 Å². The molecule has 0 amide bonds. The molecule has 10 nitrogen and oxygen atoms in total. The first-order valence-electron chi connectivity index (χ1n) is 8.79. The number of nitrogen functional groups attached to an aromatic ring is 1. The Morgan fingerprint density at radius 2 is 1.96 bits per heavy atom. The lowest BCUT2D eigenvalue weighted by Gasteiger charge is -2.33. The van der Waals surface area contributed by atoms with Gasteiger partial charge in [0.05, 0.1) is 12.9 Å². The predicted molar refractivity (Wildman–Crippen MR) is 89.6 cm³/mol. The summed E-state index contributed by atoms with van der Waals surface area (Å²) >= 11 is 0. The fourth-order valence-corrected chi connectivity index (χ4v) is 3.64. The summed E-state index contributed by atoms with van der Waals surface area (Å²) < 4.78 is 12.9. The minimum Gasteiger partial charge on any atom is -0.387 e. The quantitative estimate of drug-likeness (QED) is 0.536. The number of ether oxygens (including phenoxy) is 2. The Morgan fingerprint density at radius 3 is 2.73 bits per heavy atom. The summed E-state index contributed by atoms with van der Waals surface area (Å²) in [5.41, 5.74) is 6.58. The standard InChI is InChI=1S/C16H23N5O5/c17-13-10-14(19-7-18-13)21(8-20-10)15-12(23)11(22)9(26-15)6-25-16(24)4-2-1-3-5-16/h7-9,11-12,15,22-24H,1-6H2,(H2,17,18,19)/t9-,11-,12-,15-/m1/s1. The maximum absolute atomic E-state index is 10.4. The van der Waals surface area contributed by atoms with Gasteiger partial charge in [-0.25, -0.2) is 15.0 Å². The van der Waals surface area contributed by atoms with Gasteiger partial charge in [-0.05, 0) is 12.8 Å². The van der Waals surface area contributed by atoms with Crippen molar-refractivity contribution in [1.29, 1.82) is 0 Å². The van der Waals surface area contributed by atoms with E-state index in [4.69, 9.17) is 15.2 Å². The molecule has 3 heterocycles. The van der Waals surface area contributed by atoms with Crippen LogP contribution in [0.3, 0.4) is 0 Å². The second kappa shape index (κ2) is 6.71. The molecule has 1 saturated carbocycles. The lowest BCUT2D eigenvalue weighted by atomic mass is 9.94. The van der Waals surface area contributed by atoms with Crippen LogP contribution >= 0.6 is 0 Å². The fraction of sp³-hybridized carbons (Fsp3) is 0.688. The average Bonchev–Trinajstić information content (AvgIpc) is 3.17. The van der Waals surface area contributed by atoms with Crippen molar-refractivity contribution in [2.24, 2.45) is 0 Å². The molecule has 5 N–H and O–H groups in total. The summed E-state index contributed by atoms with van der Waals surface area (Å²) in [5.74, 6) is -0.963. The van der Waals surface area contributed by atoms with Crippen molar-refractivity contribution in [2.45, 2.75) is 62.4 Å². The van der Waals surface area contributed by atoms with Gasteiger partial charge in [-0.1, -0.05) is 6.42 Å². The molecule has 1 aliphatic heterocycles. The van der Waals surface area contributed by atoms with Crippen LogP contribution in [-0.2, 0) is 9.47 Å². The van der Waals surface area contributed by atoms with Crippen LogP contribution in [0.25, 0.3) is 11.2 Å². The normalized spacial score (nSPS) is 31.5. The molecular formula is C16H23N5O5. The minimum absolute atomic E-state index is 0.0189. The molecule has 2 aromatic rings. The molecule has 0 bridgehead atoms. The van der Waals surface area contributed by atoms with Crippen LogP contribution in [0.1, 0.15) is 38.3 Å². The van der Waals surface area contributed by atoms with Gasteiger partial charge in [0.2, 0.25) is 0 Å². The van der Waals surface area contributed by atoms with Gasteiger partial charge >= 0.3 is 0 Å². The molecule has 0 spiro atoms. The van der Waals surface area contributed by atoms with Gasteiger partial charge in [-0.2, -0.15) is 0 Å². The van der Waals surface area contributed by atoms with E-state index in [-0.39, 0.29) is 12.4 Å². The number of anilines is 1. The second-order valence-electron chi connectivity index (χ2n) is 6.95. The van der Waals surface area contributed by atoms with E-state index in [9.17, 15) is 15.3 Å². The molecule has 142 valence electrons. The van der Waals surface area contributed by atoms with Crippen LogP contribution in [0.15, 0.2) is 12.7 Å². The summed E-state index contributed by atoms with van der Waals surface area (Å²) in [4.78, 5) is 12.1. The van der Waals surface area contributed by atoms with E-state index in [1.807, 2.05) is 0 Å². The number of imidazole rings is 1. The second-order valence-corrected chi connectivity index (χ2v) is 6.95. The Kier molecular flexibility index (Phi) is 4.53. The highest BCUT2D eigenvalue weighted by molar-refractivity contribution is 5.81. The van der Waals surface area contributed by atoms with Gasteiger partial charge in [-0.15, -0.1) is 0 Å². The number of fused-ring (bicyclic) bond motifs is 1. The van der Waals surface area contributed by atoms with E-state index >= 15 is 0 Å². The van der Waals surface area contributed by atoms with Gasteiger partial charge in [0.15, 0.2) is 23.5 Å². The third-order valence-corrected chi connectivity index (χ3v) is 5.15. The average molecular weight is 365 g/mol. The van der Waals surface area contributed by atoms with Crippen molar-refractivity contribution in [3.05, 3.63) is 12.7 Å². The predicted octanol–water partition coefficient (Wildman–Crippen LogP) is -0.303. The van der Waals surface area contributed by atoms with E-state index < -0.39 is 30.3 Å². The molecule has 0 unspecified atom stereocenters. The Morgan fingerprint density at radius 1 is 1.19 bits per heavy atom. The zero-order chi connectivity index (χ0) is 18.3. The van der Waals surface area contributed by atoms with Crippen molar-refractivity contribution >= 4 is 17.0 Å². The molecular weight excluding hydrogens is 342 g/mol. The first kappa shape index (κ1) is 17.6. The summed E-state index contributed by atoms with van der Waals surface area (Å²) in [6.07, 6.45) is 2.71. The van der Waals surface area contributed by atoms with E-state index in [1.165, 1.54) is 17.2 Å². The number of nitrogens with two attached hydrogens (primary N) is 1. The summed E-state index contributed by atoms with van der Waals surface area (Å²) in [7, 11) is 0. The molecule has 0 aromatic carbocycles. The van der Waals surface area contributed by atoms with Gasteiger partial charge < -0.3 is 30.5 Å². The number of hydrogen-bond donors (Lipinski definition) is 4. The Balaban J connectivity index is 1.49. The number of nitrogens with zero attached hydrogens (tertiary/aromatic N) is 4. The first-order chi connectivity index (χ1) is 12.5. The molecule has 2 aliphatic rings. The molecule has 1 saturated heterocycles. The van der Waals surface area contributed by atoms with Crippen LogP contribution in [0.5, 0.6) is 0 Å². The van der Waals surface area contributed by atoms with Crippen molar-refractivity contribution in [3.8, 4) is 0 Å². The largest absolute Gasteiger partial charge is 0.387 e. The lowest BCUT2D eigenvalue weighted by Crippen LogP contribution is -2.40. The fourth-order valence-electron chi connectivity index (χ4n) is 3.64. The zero-order valence-corrected chi connectivity index (χ0v) is 14.2. The van der Waals surface area contributed by atoms with E-state index in [0.717, 1.165) is 19.3 Å². The minimum atomic E-state index is -1.20. The van der Waals surface area contributed by atoms with Crippen LogP contribution in [-0.4, -0.2) is 65.5 Å². The highest BCUT2D eigenvalue weighted by Crippen LogP contribution is 2.34. The zero-order valence-electron chi connectivity index (χ0n) is 14.2. The molecule has 4 rings (SSSR count). The monoisotopic (exact) mass is 365 g/mol. The van der Waals surface area contributed by atoms with Crippen molar-refractivity contribution in [3.63, 3.8) is 0 Å². The van der Waals surface area contributed by atoms with E-state index in [1.54, 1.807) is 0 Å². The SMILES string of the molecule is Nc1ncnc2c1ncn2[C@@H]1O[C@H](COC2(O)CCCCC2)[C@@H](O)[C@H]1O. The smallest absolute Gasteiger partial charge is 0.167 e. The highest BCUT2D eigenvalue weighted by Gasteiger charge is 2.45.